The Labute approximate surface area is 194 Å². The van der Waals surface area contributed by atoms with E-state index in [2.05, 4.69) is 4.99 Å². The molecule has 0 aliphatic rings. The van der Waals surface area contributed by atoms with Gasteiger partial charge in [-0.1, -0.05) is 11.3 Å². The van der Waals surface area contributed by atoms with E-state index in [0.29, 0.717) is 33.4 Å². The molecule has 0 unspecified atom stereocenters. The van der Waals surface area contributed by atoms with Crippen LogP contribution in [0.25, 0.3) is 16.3 Å². The van der Waals surface area contributed by atoms with Crippen LogP contribution in [-0.4, -0.2) is 52.0 Å². The Morgan fingerprint density at radius 3 is 2.24 bits per heavy atom. The third-order valence-corrected chi connectivity index (χ3v) is 5.76. The highest BCUT2D eigenvalue weighted by Crippen LogP contribution is 2.38. The first-order valence-corrected chi connectivity index (χ1v) is 10.6. The van der Waals surface area contributed by atoms with Crippen LogP contribution in [0, 0.1) is 0 Å². The predicted octanol–water partition coefficient (Wildman–Crippen LogP) is 3.05. The van der Waals surface area contributed by atoms with Gasteiger partial charge in [-0.15, -0.1) is 0 Å². The molecule has 1 amide bonds. The van der Waals surface area contributed by atoms with Gasteiger partial charge < -0.3 is 28.3 Å². The van der Waals surface area contributed by atoms with Crippen LogP contribution >= 0.6 is 11.3 Å². The molecular formula is C23H24N2O7S. The quantitative estimate of drug-likeness (QED) is 0.367. The van der Waals surface area contributed by atoms with E-state index in [9.17, 15) is 9.59 Å². The van der Waals surface area contributed by atoms with Gasteiger partial charge in [-0.05, 0) is 42.0 Å². The largest absolute Gasteiger partial charge is 0.497 e. The van der Waals surface area contributed by atoms with E-state index in [4.69, 9.17) is 23.7 Å². The third-order valence-electron chi connectivity index (χ3n) is 4.72. The lowest BCUT2D eigenvalue weighted by molar-refractivity contribution is -0.141. The lowest BCUT2D eigenvalue weighted by Crippen LogP contribution is -2.22. The first kappa shape index (κ1) is 23.9. The smallest absolute Gasteiger partial charge is 0.325 e. The lowest BCUT2D eigenvalue weighted by atomic mass is 10.1. The lowest BCUT2D eigenvalue weighted by Gasteiger charge is -2.12. The van der Waals surface area contributed by atoms with Gasteiger partial charge in [-0.2, -0.15) is 4.99 Å². The predicted molar refractivity (Wildman–Crippen MR) is 124 cm³/mol. The maximum absolute atomic E-state index is 12.6. The summed E-state index contributed by atoms with van der Waals surface area (Å²) in [4.78, 5) is 29.1. The van der Waals surface area contributed by atoms with Crippen molar-refractivity contribution in [2.45, 2.75) is 6.54 Å². The van der Waals surface area contributed by atoms with Crippen molar-refractivity contribution in [3.63, 3.8) is 0 Å². The second-order valence-electron chi connectivity index (χ2n) is 6.62. The number of amides is 1. The van der Waals surface area contributed by atoms with E-state index in [1.165, 1.54) is 45.9 Å². The van der Waals surface area contributed by atoms with Gasteiger partial charge in [0, 0.05) is 6.08 Å². The minimum absolute atomic E-state index is 0.0778. The van der Waals surface area contributed by atoms with Crippen LogP contribution in [0.3, 0.4) is 0 Å². The first-order chi connectivity index (χ1) is 15.9. The van der Waals surface area contributed by atoms with Crippen LogP contribution < -0.4 is 23.7 Å². The van der Waals surface area contributed by atoms with Crippen LogP contribution in [0.5, 0.6) is 23.0 Å². The van der Waals surface area contributed by atoms with E-state index in [-0.39, 0.29) is 6.54 Å². The summed E-state index contributed by atoms with van der Waals surface area (Å²) in [5.41, 5.74) is 1.41. The number of carbonyl (C=O) groups is 2. The van der Waals surface area contributed by atoms with E-state index in [0.717, 1.165) is 10.2 Å². The van der Waals surface area contributed by atoms with Crippen LogP contribution in [0.2, 0.25) is 0 Å². The summed E-state index contributed by atoms with van der Waals surface area (Å²) in [7, 11) is 7.43. The van der Waals surface area contributed by atoms with Crippen LogP contribution in [0.4, 0.5) is 0 Å². The second kappa shape index (κ2) is 10.7. The van der Waals surface area contributed by atoms with Crippen molar-refractivity contribution in [3.8, 4) is 23.0 Å². The van der Waals surface area contributed by atoms with Gasteiger partial charge >= 0.3 is 5.97 Å². The number of methoxy groups -OCH3 is 5. The number of fused-ring (bicyclic) bond motifs is 1. The summed E-state index contributed by atoms with van der Waals surface area (Å²) in [6, 6.07) is 8.84. The number of carbonyl (C=O) groups excluding carboxylic acids is 2. The van der Waals surface area contributed by atoms with Crippen molar-refractivity contribution in [1.29, 1.82) is 0 Å². The van der Waals surface area contributed by atoms with Gasteiger partial charge in [0.05, 0.1) is 45.8 Å². The fraction of sp³-hybridized carbons (Fsp3) is 0.261. The van der Waals surface area contributed by atoms with E-state index < -0.39 is 11.9 Å². The van der Waals surface area contributed by atoms with Gasteiger partial charge in [0.1, 0.15) is 12.3 Å². The molecule has 0 fully saturated rings. The number of rotatable bonds is 8. The fourth-order valence-electron chi connectivity index (χ4n) is 3.11. The molecule has 0 aliphatic heterocycles. The number of esters is 1. The molecule has 0 atom stereocenters. The molecule has 1 heterocycles. The summed E-state index contributed by atoms with van der Waals surface area (Å²) < 4.78 is 28.5. The molecule has 3 aromatic rings. The number of benzene rings is 2. The van der Waals surface area contributed by atoms with Crippen molar-refractivity contribution < 1.29 is 33.3 Å². The van der Waals surface area contributed by atoms with Crippen molar-refractivity contribution in [2.75, 3.05) is 35.5 Å². The Hall–Kier alpha value is -3.79. The zero-order chi connectivity index (χ0) is 24.0. The van der Waals surface area contributed by atoms with E-state index in [1.54, 1.807) is 36.0 Å². The average molecular weight is 473 g/mol. The monoisotopic (exact) mass is 472 g/mol. The standard InChI is InChI=1S/C23H24N2O7S/c1-28-15-7-8-16-19(12-15)33-23(25(16)13-21(27)31-4)24-20(26)9-6-14-10-17(29-2)22(32-5)18(11-14)30-3/h6-12H,13H2,1-5H3/b9-6-,24-23?. The van der Waals surface area contributed by atoms with E-state index in [1.807, 2.05) is 12.1 Å². The maximum atomic E-state index is 12.6. The highest BCUT2D eigenvalue weighted by molar-refractivity contribution is 7.16. The molecule has 174 valence electrons. The summed E-state index contributed by atoms with van der Waals surface area (Å²) in [5.74, 6) is 1.10. The number of aromatic nitrogens is 1. The highest BCUT2D eigenvalue weighted by Gasteiger charge is 2.14. The minimum atomic E-state index is -0.499. The second-order valence-corrected chi connectivity index (χ2v) is 7.63. The molecule has 9 nitrogen and oxygen atoms in total. The van der Waals surface area contributed by atoms with Crippen molar-refractivity contribution in [2.24, 2.45) is 4.99 Å². The van der Waals surface area contributed by atoms with Crippen molar-refractivity contribution >= 4 is 39.5 Å². The van der Waals surface area contributed by atoms with Gasteiger partial charge in [0.15, 0.2) is 16.3 Å². The number of ether oxygens (including phenoxy) is 5. The number of thiazole rings is 1. The fourth-order valence-corrected chi connectivity index (χ4v) is 4.17. The first-order valence-electron chi connectivity index (χ1n) is 9.75. The van der Waals surface area contributed by atoms with Crippen LogP contribution in [-0.2, 0) is 20.9 Å². The average Bonchev–Trinajstić information content (AvgIpc) is 3.17. The number of hydrogen-bond donors (Lipinski definition) is 0. The number of hydrogen-bond acceptors (Lipinski definition) is 8. The van der Waals surface area contributed by atoms with Gasteiger partial charge in [-0.25, -0.2) is 0 Å². The molecule has 0 saturated carbocycles. The Balaban J connectivity index is 2.00. The zero-order valence-corrected chi connectivity index (χ0v) is 19.7. The Kier molecular flexibility index (Phi) is 7.73. The summed E-state index contributed by atoms with van der Waals surface area (Å²) in [6.45, 7) is -0.0778. The normalized spacial score (nSPS) is 11.6. The molecular weight excluding hydrogens is 448 g/mol. The van der Waals surface area contributed by atoms with Crippen molar-refractivity contribution in [3.05, 3.63) is 46.8 Å². The molecule has 0 bridgehead atoms. The third kappa shape index (κ3) is 5.35. The van der Waals surface area contributed by atoms with Crippen LogP contribution in [0.1, 0.15) is 5.56 Å². The Morgan fingerprint density at radius 1 is 0.970 bits per heavy atom. The maximum Gasteiger partial charge on any atom is 0.325 e. The molecule has 1 aromatic heterocycles. The highest BCUT2D eigenvalue weighted by atomic mass is 32.1. The van der Waals surface area contributed by atoms with Gasteiger partial charge in [0.2, 0.25) is 5.75 Å². The molecule has 10 heteroatoms. The molecule has 0 saturated heterocycles. The summed E-state index contributed by atoms with van der Waals surface area (Å²) in [6.07, 6.45) is 2.92. The topological polar surface area (TPSA) is 97.6 Å². The van der Waals surface area contributed by atoms with Crippen molar-refractivity contribution in [1.82, 2.24) is 4.57 Å². The van der Waals surface area contributed by atoms with Gasteiger partial charge in [-0.3, -0.25) is 9.59 Å². The molecule has 0 N–H and O–H groups in total. The minimum Gasteiger partial charge on any atom is -0.497 e. The van der Waals surface area contributed by atoms with Crippen LogP contribution in [0.15, 0.2) is 41.4 Å². The molecule has 33 heavy (non-hydrogen) atoms. The zero-order valence-electron chi connectivity index (χ0n) is 18.9. The Morgan fingerprint density at radius 2 is 1.67 bits per heavy atom. The van der Waals surface area contributed by atoms with Gasteiger partial charge in [0.25, 0.3) is 5.91 Å². The molecule has 0 radical (unpaired) electrons. The summed E-state index contributed by atoms with van der Waals surface area (Å²) in [5, 5.41) is 0. The molecule has 3 rings (SSSR count). The summed E-state index contributed by atoms with van der Waals surface area (Å²) >= 11 is 1.27. The van der Waals surface area contributed by atoms with E-state index >= 15 is 0 Å². The Bertz CT molecular complexity index is 1250. The number of nitrogens with zero attached hydrogens (tertiary/aromatic N) is 2. The molecule has 0 spiro atoms. The SMILES string of the molecule is COC(=O)Cn1c(=NC(=O)/C=C\c2cc(OC)c(OC)c(OC)c2)sc2cc(OC)ccc21. The molecule has 2 aromatic carbocycles. The molecule has 0 aliphatic carbocycles.